The summed E-state index contributed by atoms with van der Waals surface area (Å²) < 4.78 is 0. The zero-order chi connectivity index (χ0) is 31.9. The van der Waals surface area contributed by atoms with E-state index in [9.17, 15) is 0 Å². The van der Waals surface area contributed by atoms with Gasteiger partial charge in [0, 0.05) is 29.1 Å². The lowest BCUT2D eigenvalue weighted by atomic mass is 9.90. The predicted octanol–water partition coefficient (Wildman–Crippen LogP) is 11.7. The van der Waals surface area contributed by atoms with Crippen molar-refractivity contribution < 1.29 is 0 Å². The van der Waals surface area contributed by atoms with Crippen LogP contribution in [0, 0.1) is 0 Å². The number of nitrogens with zero attached hydrogens (tertiary/aromatic N) is 3. The average molecular weight is 612 g/mol. The highest BCUT2D eigenvalue weighted by atomic mass is 14.9. The van der Waals surface area contributed by atoms with Crippen molar-refractivity contribution in [1.82, 2.24) is 15.0 Å². The zero-order valence-electron chi connectivity index (χ0n) is 26.1. The zero-order valence-corrected chi connectivity index (χ0v) is 26.1. The summed E-state index contributed by atoms with van der Waals surface area (Å²) in [7, 11) is 0. The molecule has 0 saturated carbocycles. The third kappa shape index (κ3) is 4.99. The summed E-state index contributed by atoms with van der Waals surface area (Å²) in [5.41, 5.74) is 9.53. The van der Waals surface area contributed by atoms with Crippen LogP contribution in [0.1, 0.15) is 0 Å². The Kier molecular flexibility index (Phi) is 6.80. The molecule has 48 heavy (non-hydrogen) atoms. The first-order chi connectivity index (χ1) is 23.8. The first-order valence-corrected chi connectivity index (χ1v) is 16.2. The molecule has 0 unspecified atom stereocenters. The van der Waals surface area contributed by atoms with Crippen molar-refractivity contribution in [2.45, 2.75) is 0 Å². The van der Waals surface area contributed by atoms with E-state index in [1.54, 1.807) is 0 Å². The lowest BCUT2D eigenvalue weighted by Gasteiger charge is -2.14. The van der Waals surface area contributed by atoms with Crippen molar-refractivity contribution in [3.63, 3.8) is 0 Å². The van der Waals surface area contributed by atoms with Crippen LogP contribution in [0.4, 0.5) is 0 Å². The molecule has 0 aliphatic rings. The minimum Gasteiger partial charge on any atom is -0.265 e. The number of hydrogen-bond acceptors (Lipinski definition) is 3. The highest BCUT2D eigenvalue weighted by Crippen LogP contribution is 2.39. The summed E-state index contributed by atoms with van der Waals surface area (Å²) >= 11 is 0. The summed E-state index contributed by atoms with van der Waals surface area (Å²) in [4.78, 5) is 14.3. The maximum Gasteiger partial charge on any atom is 0.160 e. The number of aromatic nitrogens is 3. The maximum atomic E-state index is 5.07. The van der Waals surface area contributed by atoms with E-state index in [4.69, 9.17) is 9.97 Å². The Labute approximate surface area is 278 Å². The summed E-state index contributed by atoms with van der Waals surface area (Å²) in [6.07, 6.45) is 3.64. The second-order valence-electron chi connectivity index (χ2n) is 12.1. The van der Waals surface area contributed by atoms with Gasteiger partial charge < -0.3 is 0 Å². The van der Waals surface area contributed by atoms with E-state index in [-0.39, 0.29) is 0 Å². The first kappa shape index (κ1) is 27.8. The van der Waals surface area contributed by atoms with Gasteiger partial charge in [-0.1, -0.05) is 140 Å². The SMILES string of the molecule is c1ccc(-c2nc(-c3ccc(-c4ccncc4)cc3)cc(-c3ccc(-c4cc5ccc6ccccc6c5c5ccccc45)cc3)n2)cc1. The van der Waals surface area contributed by atoms with E-state index in [1.165, 1.54) is 43.4 Å². The van der Waals surface area contributed by atoms with Gasteiger partial charge in [0.15, 0.2) is 5.82 Å². The lowest BCUT2D eigenvalue weighted by Crippen LogP contribution is -1.96. The summed E-state index contributed by atoms with van der Waals surface area (Å²) in [6.45, 7) is 0. The van der Waals surface area contributed by atoms with Crippen molar-refractivity contribution in [1.29, 1.82) is 0 Å². The Hall–Kier alpha value is -6.45. The Morgan fingerprint density at radius 3 is 1.58 bits per heavy atom. The van der Waals surface area contributed by atoms with Crippen molar-refractivity contribution in [2.24, 2.45) is 0 Å². The topological polar surface area (TPSA) is 38.7 Å². The van der Waals surface area contributed by atoms with Gasteiger partial charge >= 0.3 is 0 Å². The number of fused-ring (bicyclic) bond motifs is 5. The van der Waals surface area contributed by atoms with E-state index >= 15 is 0 Å². The molecule has 2 heterocycles. The molecule has 0 saturated heterocycles. The summed E-state index contributed by atoms with van der Waals surface area (Å²) in [6, 6.07) is 57.9. The second-order valence-corrected chi connectivity index (χ2v) is 12.1. The molecule has 3 heteroatoms. The number of hydrogen-bond donors (Lipinski definition) is 0. The van der Waals surface area contributed by atoms with Crippen LogP contribution in [0.2, 0.25) is 0 Å². The van der Waals surface area contributed by atoms with Crippen molar-refractivity contribution in [3.8, 4) is 56.2 Å². The van der Waals surface area contributed by atoms with Gasteiger partial charge in [0.05, 0.1) is 11.4 Å². The summed E-state index contributed by atoms with van der Waals surface area (Å²) in [5, 5.41) is 7.62. The molecule has 7 aromatic carbocycles. The molecular weight excluding hydrogens is 583 g/mol. The van der Waals surface area contributed by atoms with Crippen LogP contribution in [0.15, 0.2) is 176 Å². The van der Waals surface area contributed by atoms with Crippen LogP contribution < -0.4 is 0 Å². The van der Waals surface area contributed by atoms with Crippen molar-refractivity contribution in [2.75, 3.05) is 0 Å². The van der Waals surface area contributed by atoms with Crippen LogP contribution in [0.25, 0.3) is 88.5 Å². The van der Waals surface area contributed by atoms with Crippen LogP contribution in [0.3, 0.4) is 0 Å². The van der Waals surface area contributed by atoms with Crippen molar-refractivity contribution in [3.05, 3.63) is 176 Å². The summed E-state index contributed by atoms with van der Waals surface area (Å²) in [5.74, 6) is 0.707. The fourth-order valence-electron chi connectivity index (χ4n) is 6.78. The lowest BCUT2D eigenvalue weighted by molar-refractivity contribution is 1.18. The quantitative estimate of drug-likeness (QED) is 0.182. The van der Waals surface area contributed by atoms with E-state index < -0.39 is 0 Å². The molecule has 0 amide bonds. The molecule has 0 spiro atoms. The fourth-order valence-corrected chi connectivity index (χ4v) is 6.78. The maximum absolute atomic E-state index is 5.07. The fraction of sp³-hybridized carbons (Fsp3) is 0. The number of benzene rings is 7. The minimum atomic E-state index is 0.707. The molecule has 0 atom stereocenters. The van der Waals surface area contributed by atoms with E-state index in [1.807, 2.05) is 42.7 Å². The van der Waals surface area contributed by atoms with Gasteiger partial charge in [0.2, 0.25) is 0 Å². The molecule has 3 nitrogen and oxygen atoms in total. The Morgan fingerprint density at radius 2 is 0.875 bits per heavy atom. The Morgan fingerprint density at radius 1 is 0.333 bits per heavy atom. The van der Waals surface area contributed by atoms with Gasteiger partial charge in [-0.25, -0.2) is 9.97 Å². The minimum absolute atomic E-state index is 0.707. The van der Waals surface area contributed by atoms with E-state index in [0.29, 0.717) is 5.82 Å². The molecule has 9 aromatic rings. The standard InChI is InChI=1S/C45H29N3/c1-2-9-36(10-3-1)45-47-42(34-19-14-30(15-20-34)31-24-26-46-27-25-31)29-43(48-45)35-21-16-33(17-22-35)41-28-37-23-18-32-8-4-5-11-38(32)44(37)40-13-7-6-12-39(40)41/h1-29H. The van der Waals surface area contributed by atoms with Gasteiger partial charge in [-0.2, -0.15) is 0 Å². The van der Waals surface area contributed by atoms with Crippen LogP contribution in [-0.2, 0) is 0 Å². The molecule has 0 bridgehead atoms. The smallest absolute Gasteiger partial charge is 0.160 e. The van der Waals surface area contributed by atoms with Gasteiger partial charge in [-0.15, -0.1) is 0 Å². The molecule has 0 radical (unpaired) electrons. The molecular formula is C45H29N3. The monoisotopic (exact) mass is 611 g/mol. The average Bonchev–Trinajstić information content (AvgIpc) is 3.18. The Bertz CT molecular complexity index is 2580. The normalized spacial score (nSPS) is 11.3. The molecule has 0 fully saturated rings. The molecule has 9 rings (SSSR count). The number of rotatable bonds is 5. The molecule has 0 N–H and O–H groups in total. The Balaban J connectivity index is 1.14. The van der Waals surface area contributed by atoms with Crippen molar-refractivity contribution >= 4 is 32.3 Å². The molecule has 0 aliphatic heterocycles. The van der Waals surface area contributed by atoms with E-state index in [0.717, 1.165) is 39.2 Å². The highest BCUT2D eigenvalue weighted by Gasteiger charge is 2.14. The predicted molar refractivity (Wildman–Crippen MR) is 200 cm³/mol. The van der Waals surface area contributed by atoms with Crippen LogP contribution in [-0.4, -0.2) is 15.0 Å². The molecule has 224 valence electrons. The van der Waals surface area contributed by atoms with Crippen LogP contribution in [0.5, 0.6) is 0 Å². The first-order valence-electron chi connectivity index (χ1n) is 16.2. The number of pyridine rings is 1. The van der Waals surface area contributed by atoms with Gasteiger partial charge in [0.1, 0.15) is 0 Å². The second kappa shape index (κ2) is 11.7. The third-order valence-corrected chi connectivity index (χ3v) is 9.19. The molecule has 2 aromatic heterocycles. The largest absolute Gasteiger partial charge is 0.265 e. The highest BCUT2D eigenvalue weighted by molar-refractivity contribution is 6.23. The molecule has 0 aliphatic carbocycles. The van der Waals surface area contributed by atoms with E-state index in [2.05, 4.69) is 138 Å². The van der Waals surface area contributed by atoms with Crippen LogP contribution >= 0.6 is 0 Å². The van der Waals surface area contributed by atoms with Gasteiger partial charge in [-0.05, 0) is 78.8 Å². The van der Waals surface area contributed by atoms with Gasteiger partial charge in [0.25, 0.3) is 0 Å². The van der Waals surface area contributed by atoms with Gasteiger partial charge in [-0.3, -0.25) is 4.98 Å². The third-order valence-electron chi connectivity index (χ3n) is 9.19.